The number of phosphoric ester groups is 1. The Labute approximate surface area is 521 Å². The predicted molar refractivity (Wildman–Crippen MR) is 362 cm³/mol. The number of ether oxygens (including phenoxy) is 1. The quantitative estimate of drug-likeness (QED) is 0.0212. The van der Waals surface area contributed by atoms with Crippen molar-refractivity contribution in [2.45, 2.75) is 348 Å². The number of rotatable bonds is 65. The number of nitrogens with one attached hydrogen (secondary N) is 1. The third-order valence-electron chi connectivity index (χ3n) is 15.9. The second-order valence-electron chi connectivity index (χ2n) is 25.4. The smallest absolute Gasteiger partial charge is 0.306 e. The number of quaternary nitrogens is 1. The zero-order valence-corrected chi connectivity index (χ0v) is 57.0. The molecule has 0 radical (unpaired) electrons. The van der Waals surface area contributed by atoms with Crippen LogP contribution < -0.4 is 10.2 Å². The minimum Gasteiger partial charge on any atom is -0.756 e. The van der Waals surface area contributed by atoms with Crippen molar-refractivity contribution < 1.29 is 37.3 Å². The van der Waals surface area contributed by atoms with E-state index in [2.05, 4.69) is 86.8 Å². The highest BCUT2D eigenvalue weighted by Crippen LogP contribution is 2.38. The Kier molecular flexibility index (Phi) is 61.5. The van der Waals surface area contributed by atoms with Crippen LogP contribution in [0.25, 0.3) is 0 Å². The SMILES string of the molecule is CCCCC/C=C\C/C=C\C/C=C\C/C=C\CCCCCCCC(=O)NC(COP(=O)([O-])OCC[N+](C)(C)C)C(/C=C/CCCCCCCCCCCC)OC(=O)CCCCCCCCCCCCCCCCC/C=C/CCCCCCCC. The Bertz CT molecular complexity index is 1670. The summed E-state index contributed by atoms with van der Waals surface area (Å²) in [4.78, 5) is 40.2. The van der Waals surface area contributed by atoms with Crippen molar-refractivity contribution in [3.63, 3.8) is 0 Å². The highest BCUT2D eigenvalue weighted by Gasteiger charge is 2.27. The molecule has 0 aliphatic rings. The molecule has 0 aromatic rings. The molecule has 0 bridgehead atoms. The number of likely N-dealkylation sites (N-methyl/N-ethyl adjacent to an activating group) is 1. The fourth-order valence-corrected chi connectivity index (χ4v) is 11.0. The van der Waals surface area contributed by atoms with Crippen molar-refractivity contribution in [1.82, 2.24) is 5.32 Å². The van der Waals surface area contributed by atoms with Crippen molar-refractivity contribution >= 4 is 19.7 Å². The van der Waals surface area contributed by atoms with Gasteiger partial charge in [-0.15, -0.1) is 0 Å². The number of unbranched alkanes of at least 4 members (excludes halogenated alkanes) is 39. The Morgan fingerprint density at radius 3 is 1.12 bits per heavy atom. The molecule has 0 aliphatic carbocycles. The average Bonchev–Trinajstić information content (AvgIpc) is 3.64. The number of nitrogens with zero attached hydrogens (tertiary/aromatic N) is 1. The summed E-state index contributed by atoms with van der Waals surface area (Å²) < 4.78 is 30.4. The molecule has 1 amide bonds. The molecule has 9 nitrogen and oxygen atoms in total. The van der Waals surface area contributed by atoms with E-state index in [-0.39, 0.29) is 24.9 Å². The molecule has 10 heteroatoms. The summed E-state index contributed by atoms with van der Waals surface area (Å²) in [6, 6.07) is -0.901. The summed E-state index contributed by atoms with van der Waals surface area (Å²) in [7, 11) is 1.18. The number of phosphoric acid groups is 1. The van der Waals surface area contributed by atoms with Gasteiger partial charge in [-0.25, -0.2) is 0 Å². The number of amides is 1. The fourth-order valence-electron chi connectivity index (χ4n) is 10.3. The van der Waals surface area contributed by atoms with Gasteiger partial charge in [0.15, 0.2) is 0 Å². The van der Waals surface area contributed by atoms with E-state index >= 15 is 0 Å². The van der Waals surface area contributed by atoms with Gasteiger partial charge in [-0.05, 0) is 102 Å². The first kappa shape index (κ1) is 81.5. The van der Waals surface area contributed by atoms with Crippen LogP contribution in [-0.4, -0.2) is 69.4 Å². The van der Waals surface area contributed by atoms with E-state index in [9.17, 15) is 19.0 Å². The molecule has 3 atom stereocenters. The second-order valence-corrected chi connectivity index (χ2v) is 26.8. The average molecular weight is 1200 g/mol. The van der Waals surface area contributed by atoms with Gasteiger partial charge in [0.25, 0.3) is 7.82 Å². The number of hydrogen-bond acceptors (Lipinski definition) is 7. The first-order valence-electron chi connectivity index (χ1n) is 35.7. The highest BCUT2D eigenvalue weighted by atomic mass is 31.2. The Balaban J connectivity index is 5.09. The molecule has 84 heavy (non-hydrogen) atoms. The third kappa shape index (κ3) is 63.9. The summed E-state index contributed by atoms with van der Waals surface area (Å²) in [6.45, 7) is 6.83. The van der Waals surface area contributed by atoms with E-state index in [1.54, 1.807) is 0 Å². The van der Waals surface area contributed by atoms with Gasteiger partial charge >= 0.3 is 5.97 Å². The summed E-state index contributed by atoms with van der Waals surface area (Å²) in [5.74, 6) is -0.552. The lowest BCUT2D eigenvalue weighted by Gasteiger charge is -2.30. The first-order chi connectivity index (χ1) is 40.9. The number of hydrogen-bond donors (Lipinski definition) is 1. The molecule has 490 valence electrons. The normalized spacial score (nSPS) is 13.9. The molecule has 0 spiro atoms. The van der Waals surface area contributed by atoms with E-state index in [0.717, 1.165) is 96.3 Å². The number of allylic oxidation sites excluding steroid dienone is 11. The molecular formula is C74H137N2O7P. The van der Waals surface area contributed by atoms with Gasteiger partial charge in [-0.1, -0.05) is 293 Å². The van der Waals surface area contributed by atoms with E-state index in [1.807, 2.05) is 33.3 Å². The maximum Gasteiger partial charge on any atom is 0.306 e. The molecule has 0 aliphatic heterocycles. The monoisotopic (exact) mass is 1200 g/mol. The summed E-state index contributed by atoms with van der Waals surface area (Å²) >= 11 is 0. The van der Waals surface area contributed by atoms with Gasteiger partial charge in [0, 0.05) is 12.8 Å². The van der Waals surface area contributed by atoms with Crippen molar-refractivity contribution in [3.05, 3.63) is 72.9 Å². The molecule has 0 aromatic heterocycles. The minimum atomic E-state index is -4.71. The highest BCUT2D eigenvalue weighted by molar-refractivity contribution is 7.45. The maximum atomic E-state index is 13.6. The Morgan fingerprint density at radius 1 is 0.417 bits per heavy atom. The van der Waals surface area contributed by atoms with Crippen LogP contribution in [0.1, 0.15) is 335 Å². The van der Waals surface area contributed by atoms with Crippen LogP contribution >= 0.6 is 7.82 Å². The number of carbonyl (C=O) groups is 2. The molecular weight excluding hydrogens is 1060 g/mol. The molecule has 0 saturated heterocycles. The molecule has 0 fully saturated rings. The van der Waals surface area contributed by atoms with E-state index in [4.69, 9.17) is 13.8 Å². The van der Waals surface area contributed by atoms with Crippen LogP contribution in [0.15, 0.2) is 72.9 Å². The molecule has 0 aromatic carbocycles. The lowest BCUT2D eigenvalue weighted by molar-refractivity contribution is -0.870. The fraction of sp³-hybridized carbons (Fsp3) is 0.811. The zero-order chi connectivity index (χ0) is 61.4. The Hall–Kier alpha value is -2.55. The molecule has 0 saturated carbocycles. The van der Waals surface area contributed by atoms with Gasteiger partial charge in [0.2, 0.25) is 5.91 Å². The van der Waals surface area contributed by atoms with Gasteiger partial charge in [-0.2, -0.15) is 0 Å². The van der Waals surface area contributed by atoms with Crippen LogP contribution in [0.2, 0.25) is 0 Å². The zero-order valence-electron chi connectivity index (χ0n) is 56.1. The van der Waals surface area contributed by atoms with Gasteiger partial charge in [-0.3, -0.25) is 14.2 Å². The van der Waals surface area contributed by atoms with Crippen LogP contribution in [0.4, 0.5) is 0 Å². The largest absolute Gasteiger partial charge is 0.756 e. The second kappa shape index (κ2) is 63.5. The van der Waals surface area contributed by atoms with Crippen molar-refractivity contribution in [2.24, 2.45) is 0 Å². The lowest BCUT2D eigenvalue weighted by Crippen LogP contribution is -2.47. The van der Waals surface area contributed by atoms with E-state index in [0.29, 0.717) is 17.4 Å². The van der Waals surface area contributed by atoms with E-state index < -0.39 is 26.6 Å². The van der Waals surface area contributed by atoms with Crippen LogP contribution in [0.5, 0.6) is 0 Å². The van der Waals surface area contributed by atoms with Crippen molar-refractivity contribution in [2.75, 3.05) is 40.9 Å². The molecule has 1 N–H and O–H groups in total. The standard InChI is InChI=1S/C74H137N2O7P/c1-7-10-13-16-19-22-25-28-30-32-34-36-37-38-39-41-43-45-47-49-52-55-58-61-64-67-74(78)83-72(65-62-59-56-53-50-27-24-21-18-15-12-9-3)71(70-82-84(79,80)81-69-68-76(4,5)6)75-73(77)66-63-60-57-54-51-48-46-44-42-40-35-33-31-29-26-23-20-17-14-11-8-2/h20,23,28-31,35,40,44,46,62,65,71-72H,7-19,21-22,24-27,32-34,36-39,41-43,45,47-61,63-64,66-70H2,1-6H3,(H-,75,77,79,80)/b23-20-,30-28+,31-29-,40-35-,46-44-,65-62+. The summed E-state index contributed by atoms with van der Waals surface area (Å²) in [5, 5.41) is 3.03. The summed E-state index contributed by atoms with van der Waals surface area (Å²) in [5.41, 5.74) is 0. The number of esters is 1. The van der Waals surface area contributed by atoms with E-state index in [1.165, 1.54) is 205 Å². The van der Waals surface area contributed by atoms with Gasteiger partial charge in [0.1, 0.15) is 19.3 Å². The van der Waals surface area contributed by atoms with Gasteiger partial charge < -0.3 is 28.5 Å². The lowest BCUT2D eigenvalue weighted by atomic mass is 10.0. The van der Waals surface area contributed by atoms with Gasteiger partial charge in [0.05, 0.1) is 33.8 Å². The van der Waals surface area contributed by atoms with Crippen LogP contribution in [-0.2, 0) is 27.9 Å². The predicted octanol–water partition coefficient (Wildman–Crippen LogP) is 22.1. The maximum absolute atomic E-state index is 13.6. The topological polar surface area (TPSA) is 114 Å². The van der Waals surface area contributed by atoms with Crippen LogP contribution in [0, 0.1) is 0 Å². The first-order valence-corrected chi connectivity index (χ1v) is 37.2. The van der Waals surface area contributed by atoms with Crippen molar-refractivity contribution in [1.29, 1.82) is 0 Å². The van der Waals surface area contributed by atoms with Crippen LogP contribution in [0.3, 0.4) is 0 Å². The Morgan fingerprint density at radius 2 is 0.726 bits per heavy atom. The molecule has 0 rings (SSSR count). The molecule has 3 unspecified atom stereocenters. The number of carbonyl (C=O) groups excluding carboxylic acids is 2. The minimum absolute atomic E-state index is 0.0275. The summed E-state index contributed by atoms with van der Waals surface area (Å²) in [6.07, 6.45) is 83.1. The molecule has 0 heterocycles. The third-order valence-corrected chi connectivity index (χ3v) is 16.8. The van der Waals surface area contributed by atoms with Crippen molar-refractivity contribution in [3.8, 4) is 0 Å².